The first-order valence-corrected chi connectivity index (χ1v) is 5.71. The Kier molecular flexibility index (Phi) is 8.24. The molecule has 13 heavy (non-hydrogen) atoms. The lowest BCUT2D eigenvalue weighted by Crippen LogP contribution is -2.22. The molecule has 0 aliphatic heterocycles. The average molecular weight is 206 g/mol. The van der Waals surface area contributed by atoms with E-state index in [4.69, 9.17) is 0 Å². The van der Waals surface area contributed by atoms with E-state index >= 15 is 0 Å². The van der Waals surface area contributed by atoms with Crippen LogP contribution in [0.5, 0.6) is 0 Å². The van der Waals surface area contributed by atoms with E-state index in [-0.39, 0.29) is 0 Å². The largest absolute Gasteiger partial charge is 0.467 e. The number of thioether (sulfide) groups is 1. The molecule has 0 aromatic heterocycles. The summed E-state index contributed by atoms with van der Waals surface area (Å²) in [6.45, 7) is 2.14. The number of carbonyl (C=O) groups is 1. The summed E-state index contributed by atoms with van der Waals surface area (Å²) in [6.07, 6.45) is 1.92. The van der Waals surface area contributed by atoms with Gasteiger partial charge in [0.05, 0.1) is 7.11 Å². The smallest absolute Gasteiger partial charge is 0.334 e. The monoisotopic (exact) mass is 206 g/mol. The van der Waals surface area contributed by atoms with E-state index in [1.807, 2.05) is 0 Å². The highest BCUT2D eigenvalue weighted by molar-refractivity contribution is 7.99. The maximum Gasteiger partial charge on any atom is 0.334 e. The van der Waals surface area contributed by atoms with Crippen molar-refractivity contribution in [2.45, 2.75) is 32.3 Å². The fourth-order valence-corrected chi connectivity index (χ4v) is 1.88. The van der Waals surface area contributed by atoms with Gasteiger partial charge < -0.3 is 9.84 Å². The second kappa shape index (κ2) is 8.38. The molecular formula is C9H18O3S. The lowest BCUT2D eigenvalue weighted by Gasteiger charge is -2.06. The molecule has 1 atom stereocenters. The highest BCUT2D eigenvalue weighted by Crippen LogP contribution is 2.08. The molecule has 0 aliphatic carbocycles. The highest BCUT2D eigenvalue weighted by Gasteiger charge is 2.13. The Morgan fingerprint density at radius 2 is 2.23 bits per heavy atom. The summed E-state index contributed by atoms with van der Waals surface area (Å²) in [5.74, 6) is 1.39. The number of aliphatic hydroxyl groups excluding tert-OH is 1. The Morgan fingerprint density at radius 3 is 2.77 bits per heavy atom. The highest BCUT2D eigenvalue weighted by atomic mass is 32.2. The Labute approximate surface area is 83.9 Å². The predicted molar refractivity (Wildman–Crippen MR) is 54.9 cm³/mol. The molecule has 78 valence electrons. The number of rotatable bonds is 7. The van der Waals surface area contributed by atoms with Crippen LogP contribution < -0.4 is 0 Å². The summed E-state index contributed by atoms with van der Waals surface area (Å²) in [7, 11) is 1.29. The molecule has 1 unspecified atom stereocenters. The average Bonchev–Trinajstić information content (AvgIpc) is 2.16. The second-order valence-electron chi connectivity index (χ2n) is 2.79. The molecule has 3 nitrogen and oxygen atoms in total. The fraction of sp³-hybridized carbons (Fsp3) is 0.889. The van der Waals surface area contributed by atoms with Crippen molar-refractivity contribution < 1.29 is 14.6 Å². The minimum Gasteiger partial charge on any atom is -0.467 e. The van der Waals surface area contributed by atoms with Crippen molar-refractivity contribution in [3.8, 4) is 0 Å². The van der Waals surface area contributed by atoms with E-state index in [2.05, 4.69) is 11.7 Å². The van der Waals surface area contributed by atoms with Crippen molar-refractivity contribution in [1.29, 1.82) is 0 Å². The molecule has 0 spiro atoms. The normalized spacial score (nSPS) is 12.5. The lowest BCUT2D eigenvalue weighted by atomic mass is 10.3. The first kappa shape index (κ1) is 12.8. The van der Waals surface area contributed by atoms with Crippen LogP contribution in [0.3, 0.4) is 0 Å². The fourth-order valence-electron chi connectivity index (χ4n) is 0.797. The summed E-state index contributed by atoms with van der Waals surface area (Å²) in [4.78, 5) is 10.8. The van der Waals surface area contributed by atoms with Crippen LogP contribution >= 0.6 is 11.8 Å². The molecule has 0 heterocycles. The number of aliphatic hydroxyl groups is 1. The van der Waals surface area contributed by atoms with Gasteiger partial charge in [-0.25, -0.2) is 4.79 Å². The van der Waals surface area contributed by atoms with Gasteiger partial charge in [-0.2, -0.15) is 11.8 Å². The van der Waals surface area contributed by atoms with Crippen LogP contribution in [0.2, 0.25) is 0 Å². The van der Waals surface area contributed by atoms with Crippen LogP contribution in [-0.2, 0) is 9.53 Å². The Balaban J connectivity index is 3.26. The van der Waals surface area contributed by atoms with Crippen LogP contribution in [0.1, 0.15) is 26.2 Å². The molecule has 0 aliphatic rings. The van der Waals surface area contributed by atoms with E-state index in [9.17, 15) is 9.90 Å². The second-order valence-corrected chi connectivity index (χ2v) is 4.02. The minimum absolute atomic E-state index is 0.487. The Bertz CT molecular complexity index is 139. The van der Waals surface area contributed by atoms with Gasteiger partial charge in [0.25, 0.3) is 0 Å². The molecule has 1 N–H and O–H groups in total. The van der Waals surface area contributed by atoms with Gasteiger partial charge in [0, 0.05) is 0 Å². The molecule has 0 amide bonds. The van der Waals surface area contributed by atoms with E-state index in [1.165, 1.54) is 20.0 Å². The van der Waals surface area contributed by atoms with E-state index in [0.717, 1.165) is 11.5 Å². The van der Waals surface area contributed by atoms with Crippen molar-refractivity contribution in [1.82, 2.24) is 0 Å². The summed E-state index contributed by atoms with van der Waals surface area (Å²) < 4.78 is 4.39. The summed E-state index contributed by atoms with van der Waals surface area (Å²) >= 11 is 1.77. The van der Waals surface area contributed by atoms with Crippen LogP contribution in [-0.4, -0.2) is 35.8 Å². The third-order valence-corrected chi connectivity index (χ3v) is 2.75. The molecule has 0 saturated carbocycles. The maximum atomic E-state index is 10.8. The first-order chi connectivity index (χ1) is 6.22. The molecule has 0 radical (unpaired) electrons. The lowest BCUT2D eigenvalue weighted by molar-refractivity contribution is -0.150. The topological polar surface area (TPSA) is 46.5 Å². The zero-order valence-corrected chi connectivity index (χ0v) is 9.10. The number of esters is 1. The zero-order chi connectivity index (χ0) is 10.1. The molecule has 0 aromatic rings. The number of unbranched alkanes of at least 4 members (excludes halogenated alkanes) is 1. The molecule has 0 aromatic carbocycles. The van der Waals surface area contributed by atoms with Crippen LogP contribution in [0.15, 0.2) is 0 Å². The summed E-state index contributed by atoms with van der Waals surface area (Å²) in [5.41, 5.74) is 0. The molecule has 4 heteroatoms. The molecule has 0 bridgehead atoms. The van der Waals surface area contributed by atoms with Crippen LogP contribution in [0.4, 0.5) is 0 Å². The number of hydrogen-bond acceptors (Lipinski definition) is 4. The van der Waals surface area contributed by atoms with Crippen LogP contribution in [0.25, 0.3) is 0 Å². The van der Waals surface area contributed by atoms with Gasteiger partial charge in [-0.1, -0.05) is 13.3 Å². The van der Waals surface area contributed by atoms with Gasteiger partial charge in [0.2, 0.25) is 0 Å². The van der Waals surface area contributed by atoms with Gasteiger partial charge in [-0.3, -0.25) is 0 Å². The Hall–Kier alpha value is -0.220. The van der Waals surface area contributed by atoms with E-state index in [1.54, 1.807) is 11.8 Å². The quantitative estimate of drug-likeness (QED) is 0.506. The number of hydrogen-bond donors (Lipinski definition) is 1. The summed E-state index contributed by atoms with van der Waals surface area (Å²) in [6, 6.07) is 0. The van der Waals surface area contributed by atoms with Crippen molar-refractivity contribution in [2.24, 2.45) is 0 Å². The van der Waals surface area contributed by atoms with E-state index < -0.39 is 12.1 Å². The van der Waals surface area contributed by atoms with Gasteiger partial charge in [-0.15, -0.1) is 0 Å². The van der Waals surface area contributed by atoms with Gasteiger partial charge in [0.1, 0.15) is 0 Å². The third-order valence-electron chi connectivity index (χ3n) is 1.65. The minimum atomic E-state index is -0.945. The third kappa shape index (κ3) is 6.90. The SMILES string of the molecule is CCCCSCCC(O)C(=O)OC. The van der Waals surface area contributed by atoms with Gasteiger partial charge in [-0.05, 0) is 24.3 Å². The number of methoxy groups -OCH3 is 1. The molecule has 0 fully saturated rings. The maximum absolute atomic E-state index is 10.8. The zero-order valence-electron chi connectivity index (χ0n) is 8.28. The van der Waals surface area contributed by atoms with Gasteiger partial charge in [0.15, 0.2) is 6.10 Å². The number of ether oxygens (including phenoxy) is 1. The van der Waals surface area contributed by atoms with Crippen molar-refractivity contribution in [3.63, 3.8) is 0 Å². The van der Waals surface area contributed by atoms with Gasteiger partial charge >= 0.3 is 5.97 Å². The van der Waals surface area contributed by atoms with Crippen LogP contribution in [0, 0.1) is 0 Å². The van der Waals surface area contributed by atoms with Crippen molar-refractivity contribution >= 4 is 17.7 Å². The molecule has 0 saturated heterocycles. The molecular weight excluding hydrogens is 188 g/mol. The Morgan fingerprint density at radius 1 is 1.54 bits per heavy atom. The van der Waals surface area contributed by atoms with Crippen molar-refractivity contribution in [2.75, 3.05) is 18.6 Å². The van der Waals surface area contributed by atoms with Crippen molar-refractivity contribution in [3.05, 3.63) is 0 Å². The first-order valence-electron chi connectivity index (χ1n) is 4.56. The summed E-state index contributed by atoms with van der Waals surface area (Å²) in [5, 5.41) is 9.19. The predicted octanol–water partition coefficient (Wildman–Crippen LogP) is 1.44. The standard InChI is InChI=1S/C9H18O3S/c1-3-4-6-13-7-5-8(10)9(11)12-2/h8,10H,3-7H2,1-2H3. The molecule has 0 rings (SSSR count). The van der Waals surface area contributed by atoms with E-state index in [0.29, 0.717) is 6.42 Å². The number of carbonyl (C=O) groups excluding carboxylic acids is 1.